The van der Waals surface area contributed by atoms with E-state index in [1.807, 2.05) is 20.8 Å². The lowest BCUT2D eigenvalue weighted by molar-refractivity contribution is -0.385. The number of carbonyl (C=O) groups excluding carboxylic acids is 1. The Labute approximate surface area is 120 Å². The van der Waals surface area contributed by atoms with E-state index in [0.717, 1.165) is 0 Å². The molecular formula is C13H17BrN2O3. The normalized spacial score (nSPS) is 12.9. The second kappa shape index (κ2) is 5.69. The molecule has 1 atom stereocenters. The summed E-state index contributed by atoms with van der Waals surface area (Å²) in [6, 6.07) is 4.73. The summed E-state index contributed by atoms with van der Waals surface area (Å²) in [5.74, 6) is -0.438. The molecule has 0 aromatic heterocycles. The van der Waals surface area contributed by atoms with Crippen LogP contribution in [0, 0.1) is 17.0 Å². The molecule has 0 fully saturated rings. The number of hydrogen-bond acceptors (Lipinski definition) is 3. The summed E-state index contributed by atoms with van der Waals surface area (Å²) < 4.78 is 0. The van der Waals surface area contributed by atoms with Gasteiger partial charge in [0.1, 0.15) is 5.56 Å². The zero-order valence-electron chi connectivity index (χ0n) is 11.4. The Morgan fingerprint density at radius 2 is 2.05 bits per heavy atom. The van der Waals surface area contributed by atoms with Crippen molar-refractivity contribution in [3.05, 3.63) is 39.4 Å². The molecule has 6 heteroatoms. The van der Waals surface area contributed by atoms with Crippen molar-refractivity contribution in [2.45, 2.75) is 38.1 Å². The average molecular weight is 329 g/mol. The molecule has 1 unspecified atom stereocenters. The second-order valence-corrected chi connectivity index (χ2v) is 6.39. The lowest BCUT2D eigenvalue weighted by atomic mass is 10.00. The van der Waals surface area contributed by atoms with E-state index >= 15 is 0 Å². The molecule has 0 heterocycles. The molecule has 5 nitrogen and oxygen atoms in total. The minimum absolute atomic E-state index is 0.0350. The van der Waals surface area contributed by atoms with Crippen LogP contribution < -0.4 is 5.32 Å². The largest absolute Gasteiger partial charge is 0.346 e. The number of para-hydroxylation sites is 1. The highest BCUT2D eigenvalue weighted by molar-refractivity contribution is 9.09. The summed E-state index contributed by atoms with van der Waals surface area (Å²) in [4.78, 5) is 22.8. The van der Waals surface area contributed by atoms with Crippen LogP contribution in [0.25, 0.3) is 0 Å². The van der Waals surface area contributed by atoms with Gasteiger partial charge in [0.25, 0.3) is 11.6 Å². The SMILES string of the molecule is Cc1cccc(C(=O)NC(C)(C)C(C)Br)c1[N+](=O)[O-]. The standard InChI is InChI=1S/C13H17BrN2O3/c1-8-6-5-7-10(11(8)16(18)19)12(17)15-13(3,4)9(2)14/h5-7,9H,1-4H3,(H,15,17). The number of nitrogens with zero attached hydrogens (tertiary/aromatic N) is 1. The third-order valence-corrected chi connectivity index (χ3v) is 4.24. The number of carbonyl (C=O) groups is 1. The van der Waals surface area contributed by atoms with E-state index in [1.54, 1.807) is 19.1 Å². The first-order valence-electron chi connectivity index (χ1n) is 5.87. The summed E-state index contributed by atoms with van der Waals surface area (Å²) in [6.45, 7) is 7.23. The topological polar surface area (TPSA) is 72.2 Å². The van der Waals surface area contributed by atoms with Gasteiger partial charge >= 0.3 is 0 Å². The molecule has 1 aromatic rings. The van der Waals surface area contributed by atoms with Gasteiger partial charge in [-0.1, -0.05) is 35.0 Å². The van der Waals surface area contributed by atoms with Crippen LogP contribution >= 0.6 is 15.9 Å². The second-order valence-electron chi connectivity index (χ2n) is 5.02. The van der Waals surface area contributed by atoms with Crippen molar-refractivity contribution in [2.24, 2.45) is 0 Å². The van der Waals surface area contributed by atoms with Crippen molar-refractivity contribution in [1.29, 1.82) is 0 Å². The number of hydrogen-bond donors (Lipinski definition) is 1. The van der Waals surface area contributed by atoms with E-state index in [4.69, 9.17) is 0 Å². The number of nitro benzene ring substituents is 1. The van der Waals surface area contributed by atoms with Crippen molar-refractivity contribution in [3.8, 4) is 0 Å². The van der Waals surface area contributed by atoms with Gasteiger partial charge in [-0.3, -0.25) is 14.9 Å². The Hall–Kier alpha value is -1.43. The van der Waals surface area contributed by atoms with E-state index in [2.05, 4.69) is 21.2 Å². The summed E-state index contributed by atoms with van der Waals surface area (Å²) >= 11 is 3.41. The van der Waals surface area contributed by atoms with Gasteiger partial charge in [-0.2, -0.15) is 0 Å². The maximum Gasteiger partial charge on any atom is 0.285 e. The van der Waals surface area contributed by atoms with Crippen molar-refractivity contribution in [1.82, 2.24) is 5.32 Å². The molecule has 0 aliphatic carbocycles. The number of aryl methyl sites for hydroxylation is 1. The minimum Gasteiger partial charge on any atom is -0.346 e. The molecule has 104 valence electrons. The maximum atomic E-state index is 12.2. The third-order valence-electron chi connectivity index (χ3n) is 3.10. The molecule has 0 bridgehead atoms. The van der Waals surface area contributed by atoms with Gasteiger partial charge in [0.2, 0.25) is 0 Å². The van der Waals surface area contributed by atoms with Gasteiger partial charge in [0.15, 0.2) is 0 Å². The van der Waals surface area contributed by atoms with E-state index in [9.17, 15) is 14.9 Å². The monoisotopic (exact) mass is 328 g/mol. The van der Waals surface area contributed by atoms with Gasteiger partial charge in [0, 0.05) is 15.9 Å². The molecule has 0 aliphatic heterocycles. The fourth-order valence-electron chi connectivity index (χ4n) is 1.54. The molecular weight excluding hydrogens is 312 g/mol. The first-order valence-corrected chi connectivity index (χ1v) is 6.79. The quantitative estimate of drug-likeness (QED) is 0.524. The number of benzene rings is 1. The van der Waals surface area contributed by atoms with Crippen LogP contribution in [0.15, 0.2) is 18.2 Å². The van der Waals surface area contributed by atoms with Crippen LogP contribution in [0.5, 0.6) is 0 Å². The average Bonchev–Trinajstić information content (AvgIpc) is 2.27. The first kappa shape index (κ1) is 15.6. The van der Waals surface area contributed by atoms with Crippen molar-refractivity contribution in [2.75, 3.05) is 0 Å². The van der Waals surface area contributed by atoms with Gasteiger partial charge < -0.3 is 5.32 Å². The lowest BCUT2D eigenvalue weighted by Crippen LogP contribution is -2.48. The Kier molecular flexibility index (Phi) is 4.68. The van der Waals surface area contributed by atoms with Gasteiger partial charge in [0.05, 0.1) is 4.92 Å². The zero-order chi connectivity index (χ0) is 14.8. The van der Waals surface area contributed by atoms with Crippen molar-refractivity contribution >= 4 is 27.5 Å². The molecule has 1 aromatic carbocycles. The number of nitro groups is 1. The Morgan fingerprint density at radius 3 is 2.53 bits per heavy atom. The van der Waals surface area contributed by atoms with Gasteiger partial charge in [-0.05, 0) is 26.8 Å². The molecule has 0 saturated heterocycles. The van der Waals surface area contributed by atoms with E-state index in [1.165, 1.54) is 6.07 Å². The summed E-state index contributed by atoms with van der Waals surface area (Å²) in [5.41, 5.74) is -0.0825. The highest BCUT2D eigenvalue weighted by Crippen LogP contribution is 2.24. The van der Waals surface area contributed by atoms with E-state index < -0.39 is 16.4 Å². The molecule has 1 N–H and O–H groups in total. The molecule has 0 spiro atoms. The van der Waals surface area contributed by atoms with Crippen LogP contribution in [-0.4, -0.2) is 21.2 Å². The molecule has 19 heavy (non-hydrogen) atoms. The van der Waals surface area contributed by atoms with Crippen LogP contribution in [0.4, 0.5) is 5.69 Å². The molecule has 0 radical (unpaired) electrons. The summed E-state index contributed by atoms with van der Waals surface area (Å²) in [5, 5.41) is 13.9. The van der Waals surface area contributed by atoms with Gasteiger partial charge in [-0.15, -0.1) is 0 Å². The highest BCUT2D eigenvalue weighted by Gasteiger charge is 2.29. The maximum absolute atomic E-state index is 12.2. The molecule has 0 aliphatic rings. The Bertz CT molecular complexity index is 513. The summed E-state index contributed by atoms with van der Waals surface area (Å²) in [6.07, 6.45) is 0. The lowest BCUT2D eigenvalue weighted by Gasteiger charge is -2.29. The number of nitrogens with one attached hydrogen (secondary N) is 1. The smallest absolute Gasteiger partial charge is 0.285 e. The molecule has 1 rings (SSSR count). The Balaban J connectivity index is 3.15. The number of halogens is 1. The fraction of sp³-hybridized carbons (Fsp3) is 0.462. The predicted molar refractivity (Wildman–Crippen MR) is 77.8 cm³/mol. The van der Waals surface area contributed by atoms with Crippen LogP contribution in [0.1, 0.15) is 36.7 Å². The van der Waals surface area contributed by atoms with Crippen molar-refractivity contribution < 1.29 is 9.72 Å². The van der Waals surface area contributed by atoms with E-state index in [0.29, 0.717) is 5.56 Å². The number of rotatable bonds is 4. The third kappa shape index (κ3) is 3.53. The number of alkyl halides is 1. The number of amides is 1. The molecule has 0 saturated carbocycles. The Morgan fingerprint density at radius 1 is 1.47 bits per heavy atom. The van der Waals surface area contributed by atoms with Crippen LogP contribution in [-0.2, 0) is 0 Å². The first-order chi connectivity index (χ1) is 8.66. The fourth-order valence-corrected chi connectivity index (χ4v) is 1.66. The highest BCUT2D eigenvalue weighted by atomic mass is 79.9. The minimum atomic E-state index is -0.519. The van der Waals surface area contributed by atoms with Crippen molar-refractivity contribution in [3.63, 3.8) is 0 Å². The van der Waals surface area contributed by atoms with Gasteiger partial charge in [-0.25, -0.2) is 0 Å². The van der Waals surface area contributed by atoms with Crippen LogP contribution in [0.2, 0.25) is 0 Å². The molecule has 1 amide bonds. The summed E-state index contributed by atoms with van der Waals surface area (Å²) in [7, 11) is 0. The van der Waals surface area contributed by atoms with Crippen LogP contribution in [0.3, 0.4) is 0 Å². The zero-order valence-corrected chi connectivity index (χ0v) is 12.9. The van der Waals surface area contributed by atoms with E-state index in [-0.39, 0.29) is 16.1 Å². The predicted octanol–water partition coefficient (Wildman–Crippen LogP) is 3.20.